The second-order valence-electron chi connectivity index (χ2n) is 6.30. The van der Waals surface area contributed by atoms with Crippen LogP contribution in [0.15, 0.2) is 47.3 Å². The van der Waals surface area contributed by atoms with Gasteiger partial charge in [0.2, 0.25) is 10.0 Å². The Balaban J connectivity index is 1.90. The van der Waals surface area contributed by atoms with Crippen LogP contribution in [0.25, 0.3) is 10.2 Å². The van der Waals surface area contributed by atoms with Crippen LogP contribution in [0.3, 0.4) is 0 Å². The Hall–Kier alpha value is -2.12. The van der Waals surface area contributed by atoms with E-state index in [1.807, 2.05) is 45.0 Å². The summed E-state index contributed by atoms with van der Waals surface area (Å²) >= 11 is 1.13. The summed E-state index contributed by atoms with van der Waals surface area (Å²) in [6.45, 7) is 5.79. The van der Waals surface area contributed by atoms with Gasteiger partial charge in [0.05, 0.1) is 21.7 Å². The SMILES string of the molecule is Cc1ccccc1CS(=O)(=O)Nc1ccc2c(c1)sc(=O)n2C(C)C. The second-order valence-corrected chi connectivity index (χ2v) is 9.02. The zero-order valence-electron chi connectivity index (χ0n) is 14.3. The van der Waals surface area contributed by atoms with Crippen molar-refractivity contribution in [1.29, 1.82) is 0 Å². The predicted octanol–water partition coefficient (Wildman–Crippen LogP) is 3.89. The summed E-state index contributed by atoms with van der Waals surface area (Å²) < 4.78 is 30.0. The van der Waals surface area contributed by atoms with Gasteiger partial charge in [-0.05, 0) is 50.1 Å². The van der Waals surface area contributed by atoms with Crippen molar-refractivity contribution < 1.29 is 8.42 Å². The molecule has 132 valence electrons. The van der Waals surface area contributed by atoms with Crippen LogP contribution in [0.5, 0.6) is 0 Å². The molecule has 0 bridgehead atoms. The third-order valence-corrected chi connectivity index (χ3v) is 6.17. The monoisotopic (exact) mass is 376 g/mol. The number of nitrogens with one attached hydrogen (secondary N) is 1. The van der Waals surface area contributed by atoms with Gasteiger partial charge in [-0.25, -0.2) is 8.42 Å². The molecule has 0 unspecified atom stereocenters. The summed E-state index contributed by atoms with van der Waals surface area (Å²) in [6.07, 6.45) is 0. The van der Waals surface area contributed by atoms with Crippen molar-refractivity contribution in [2.24, 2.45) is 0 Å². The first-order chi connectivity index (χ1) is 11.8. The summed E-state index contributed by atoms with van der Waals surface area (Å²) in [4.78, 5) is 12.1. The van der Waals surface area contributed by atoms with Gasteiger partial charge in [0, 0.05) is 6.04 Å². The van der Waals surface area contributed by atoms with Crippen molar-refractivity contribution in [2.75, 3.05) is 4.72 Å². The Morgan fingerprint density at radius 1 is 1.16 bits per heavy atom. The molecule has 25 heavy (non-hydrogen) atoms. The Morgan fingerprint density at radius 3 is 2.56 bits per heavy atom. The molecule has 0 spiro atoms. The highest BCUT2D eigenvalue weighted by Crippen LogP contribution is 2.25. The van der Waals surface area contributed by atoms with Crippen LogP contribution in [0.4, 0.5) is 5.69 Å². The van der Waals surface area contributed by atoms with Crippen LogP contribution < -0.4 is 9.60 Å². The lowest BCUT2D eigenvalue weighted by atomic mass is 10.1. The number of aromatic nitrogens is 1. The molecule has 1 N–H and O–H groups in total. The molecule has 1 aromatic heterocycles. The summed E-state index contributed by atoms with van der Waals surface area (Å²) in [5, 5.41) is 0. The first kappa shape index (κ1) is 17.7. The van der Waals surface area contributed by atoms with Crippen LogP contribution in [-0.4, -0.2) is 13.0 Å². The number of fused-ring (bicyclic) bond motifs is 1. The van der Waals surface area contributed by atoms with Gasteiger partial charge in [0.25, 0.3) is 0 Å². The number of hydrogen-bond donors (Lipinski definition) is 1. The standard InChI is InChI=1S/C18H20N2O3S2/c1-12(2)20-16-9-8-15(10-17(16)24-18(20)21)19-25(22,23)11-14-7-5-4-6-13(14)3/h4-10,12,19H,11H2,1-3H3. The molecule has 0 amide bonds. The summed E-state index contributed by atoms with van der Waals surface area (Å²) in [5.74, 6) is -0.0824. The van der Waals surface area contributed by atoms with E-state index in [0.29, 0.717) is 5.69 Å². The maximum absolute atomic E-state index is 12.5. The molecule has 0 aliphatic heterocycles. The van der Waals surface area contributed by atoms with Crippen LogP contribution >= 0.6 is 11.3 Å². The number of thiazole rings is 1. The minimum absolute atomic E-state index is 0.0371. The molecule has 0 radical (unpaired) electrons. The molecule has 3 aromatic rings. The number of aryl methyl sites for hydroxylation is 1. The molecule has 0 fully saturated rings. The highest BCUT2D eigenvalue weighted by atomic mass is 32.2. The fraction of sp³-hybridized carbons (Fsp3) is 0.278. The number of benzene rings is 2. The Morgan fingerprint density at radius 2 is 1.88 bits per heavy atom. The van der Waals surface area contributed by atoms with E-state index in [1.54, 1.807) is 22.8 Å². The molecule has 0 saturated heterocycles. The van der Waals surface area contributed by atoms with Gasteiger partial charge >= 0.3 is 4.87 Å². The maximum Gasteiger partial charge on any atom is 0.308 e. The van der Waals surface area contributed by atoms with Crippen molar-refractivity contribution in [3.8, 4) is 0 Å². The Kier molecular flexibility index (Phi) is 4.71. The second kappa shape index (κ2) is 6.65. The van der Waals surface area contributed by atoms with Crippen molar-refractivity contribution in [2.45, 2.75) is 32.6 Å². The Bertz CT molecular complexity index is 1080. The van der Waals surface area contributed by atoms with E-state index in [0.717, 1.165) is 32.7 Å². The summed E-state index contributed by atoms with van der Waals surface area (Å²) in [5.41, 5.74) is 3.01. The summed E-state index contributed by atoms with van der Waals surface area (Å²) in [6, 6.07) is 12.7. The fourth-order valence-corrected chi connectivity index (χ4v) is 5.13. The van der Waals surface area contributed by atoms with E-state index < -0.39 is 10.0 Å². The molecule has 0 aliphatic rings. The third kappa shape index (κ3) is 3.77. The molecule has 0 saturated carbocycles. The van der Waals surface area contributed by atoms with Crippen molar-refractivity contribution in [3.63, 3.8) is 0 Å². The maximum atomic E-state index is 12.5. The minimum Gasteiger partial charge on any atom is -0.296 e. The van der Waals surface area contributed by atoms with E-state index >= 15 is 0 Å². The molecule has 0 atom stereocenters. The Labute approximate surface area is 151 Å². The number of hydrogen-bond acceptors (Lipinski definition) is 4. The molecule has 5 nitrogen and oxygen atoms in total. The zero-order chi connectivity index (χ0) is 18.2. The molecule has 3 rings (SSSR count). The van der Waals surface area contributed by atoms with Gasteiger partial charge in [-0.3, -0.25) is 14.1 Å². The van der Waals surface area contributed by atoms with Gasteiger partial charge in [-0.2, -0.15) is 0 Å². The smallest absolute Gasteiger partial charge is 0.296 e. The lowest BCUT2D eigenvalue weighted by Crippen LogP contribution is -2.16. The first-order valence-electron chi connectivity index (χ1n) is 7.97. The third-order valence-electron chi connectivity index (χ3n) is 4.01. The molecule has 2 aromatic carbocycles. The highest BCUT2D eigenvalue weighted by Gasteiger charge is 2.15. The number of sulfonamides is 1. The fourth-order valence-electron chi connectivity index (χ4n) is 2.78. The van der Waals surface area contributed by atoms with Crippen LogP contribution in [-0.2, 0) is 15.8 Å². The van der Waals surface area contributed by atoms with E-state index in [9.17, 15) is 13.2 Å². The average Bonchev–Trinajstić information content (AvgIpc) is 2.84. The van der Waals surface area contributed by atoms with Crippen molar-refractivity contribution in [3.05, 3.63) is 63.3 Å². The lowest BCUT2D eigenvalue weighted by molar-refractivity contribution is 0.600. The largest absolute Gasteiger partial charge is 0.308 e. The van der Waals surface area contributed by atoms with E-state index in [1.165, 1.54) is 0 Å². The van der Waals surface area contributed by atoms with Gasteiger partial charge in [-0.15, -0.1) is 0 Å². The molecular weight excluding hydrogens is 356 g/mol. The summed E-state index contributed by atoms with van der Waals surface area (Å²) in [7, 11) is -3.53. The van der Waals surface area contributed by atoms with Crippen molar-refractivity contribution >= 4 is 37.3 Å². The van der Waals surface area contributed by atoms with E-state index in [2.05, 4.69) is 4.72 Å². The van der Waals surface area contributed by atoms with Crippen LogP contribution in [0.1, 0.15) is 31.0 Å². The molecule has 1 heterocycles. The number of rotatable bonds is 5. The predicted molar refractivity (Wildman–Crippen MR) is 104 cm³/mol. The highest BCUT2D eigenvalue weighted by molar-refractivity contribution is 7.91. The quantitative estimate of drug-likeness (QED) is 0.734. The topological polar surface area (TPSA) is 68.2 Å². The molecule has 7 heteroatoms. The van der Waals surface area contributed by atoms with Crippen LogP contribution in [0.2, 0.25) is 0 Å². The minimum atomic E-state index is -3.53. The average molecular weight is 377 g/mol. The van der Waals surface area contributed by atoms with Crippen LogP contribution in [0, 0.1) is 6.92 Å². The normalized spacial score (nSPS) is 12.0. The first-order valence-corrected chi connectivity index (χ1v) is 10.4. The number of nitrogens with zero attached hydrogens (tertiary/aromatic N) is 1. The lowest BCUT2D eigenvalue weighted by Gasteiger charge is -2.11. The van der Waals surface area contributed by atoms with E-state index in [-0.39, 0.29) is 16.7 Å². The van der Waals surface area contributed by atoms with Crippen molar-refractivity contribution in [1.82, 2.24) is 4.57 Å². The van der Waals surface area contributed by atoms with E-state index in [4.69, 9.17) is 0 Å². The van der Waals surface area contributed by atoms with Gasteiger partial charge in [0.1, 0.15) is 0 Å². The molecule has 0 aliphatic carbocycles. The molecular formula is C18H20N2O3S2. The zero-order valence-corrected chi connectivity index (χ0v) is 15.9. The van der Waals surface area contributed by atoms with Gasteiger partial charge in [-0.1, -0.05) is 35.6 Å². The number of anilines is 1. The van der Waals surface area contributed by atoms with Gasteiger partial charge in [0.15, 0.2) is 0 Å². The van der Waals surface area contributed by atoms with Gasteiger partial charge < -0.3 is 0 Å².